The van der Waals surface area contributed by atoms with E-state index in [-0.39, 0.29) is 24.8 Å². The molecule has 9 heteroatoms. The van der Waals surface area contributed by atoms with E-state index in [2.05, 4.69) is 149 Å². The number of halogens is 8. The summed E-state index contributed by atoms with van der Waals surface area (Å²) in [6.45, 7) is 8.99. The van der Waals surface area contributed by atoms with E-state index in [0.29, 0.717) is 25.7 Å². The van der Waals surface area contributed by atoms with Crippen LogP contribution in [0.25, 0.3) is 43.8 Å². The van der Waals surface area contributed by atoms with Crippen LogP contribution in [0.1, 0.15) is 62.8 Å². The first kappa shape index (κ1) is 49.2. The maximum atomic E-state index is 12.5. The molecule has 0 saturated heterocycles. The third kappa shape index (κ3) is 12.8. The number of hydrogen-bond donors (Lipinski definition) is 0. The predicted molar refractivity (Wildman–Crippen MR) is 228 cm³/mol. The summed E-state index contributed by atoms with van der Waals surface area (Å²) in [6, 6.07) is 46.1. The van der Waals surface area contributed by atoms with Crippen LogP contribution in [0.15, 0.2) is 169 Å². The topological polar surface area (TPSA) is 0 Å². The second-order valence-corrected chi connectivity index (χ2v) is 16.8. The maximum absolute atomic E-state index is 12.5. The zero-order valence-electron chi connectivity index (χ0n) is 34.1. The summed E-state index contributed by atoms with van der Waals surface area (Å²) in [5.41, 5.74) is 6.42. The molecule has 0 fully saturated rings. The van der Waals surface area contributed by atoms with Gasteiger partial charge in [0.25, 0.3) is 0 Å². The summed E-state index contributed by atoms with van der Waals surface area (Å²) in [7, 11) is 0. The first-order valence-corrected chi connectivity index (χ1v) is 20.7. The van der Waals surface area contributed by atoms with Gasteiger partial charge in [0.1, 0.15) is 0 Å². The van der Waals surface area contributed by atoms with Crippen LogP contribution in [-0.2, 0) is 36.6 Å². The van der Waals surface area contributed by atoms with Crippen molar-refractivity contribution in [2.75, 3.05) is 0 Å². The quantitative estimate of drug-likeness (QED) is 0.115. The third-order valence-corrected chi connectivity index (χ3v) is 11.6. The van der Waals surface area contributed by atoms with Crippen molar-refractivity contribution in [2.45, 2.75) is 52.9 Å². The zero-order chi connectivity index (χ0) is 42.4. The Morgan fingerprint density at radius 1 is 0.574 bits per heavy atom. The summed E-state index contributed by atoms with van der Waals surface area (Å²) in [5.74, 6) is 0.587. The van der Waals surface area contributed by atoms with Gasteiger partial charge in [0.15, 0.2) is 0 Å². The van der Waals surface area contributed by atoms with E-state index in [4.69, 9.17) is 0 Å². The first-order valence-electron chi connectivity index (χ1n) is 19.5. The second-order valence-electron chi connectivity index (χ2n) is 15.6. The fourth-order valence-corrected chi connectivity index (χ4v) is 7.73. The van der Waals surface area contributed by atoms with Gasteiger partial charge in [0.2, 0.25) is 0 Å². The van der Waals surface area contributed by atoms with Crippen molar-refractivity contribution in [1.29, 1.82) is 0 Å². The van der Waals surface area contributed by atoms with Crippen LogP contribution in [0.4, 0.5) is 26.3 Å². The Bertz CT molecular complexity index is 2410. The largest absolute Gasteiger partial charge is 1.00 e. The minimum absolute atomic E-state index is 0. The molecule has 0 spiro atoms. The molecule has 1 aliphatic carbocycles. The van der Waals surface area contributed by atoms with Crippen molar-refractivity contribution in [3.05, 3.63) is 198 Å². The molecule has 0 saturated carbocycles. The second kappa shape index (κ2) is 21.1. The molecule has 0 bridgehead atoms. The number of rotatable bonds is 6. The number of hydrogen-bond acceptors (Lipinski definition) is 0. The predicted octanol–water partition coefficient (Wildman–Crippen LogP) is 9.64. The minimum Gasteiger partial charge on any atom is -1.00 e. The number of allylic oxidation sites excluding steroid dienone is 4. The summed E-state index contributed by atoms with van der Waals surface area (Å²) in [6.07, 6.45) is 1.61. The zero-order valence-corrected chi connectivity index (χ0v) is 38.1. The van der Waals surface area contributed by atoms with E-state index >= 15 is 0 Å². The van der Waals surface area contributed by atoms with Crippen LogP contribution < -0.4 is 24.8 Å². The van der Waals surface area contributed by atoms with Gasteiger partial charge in [-0.3, -0.25) is 6.08 Å². The van der Waals surface area contributed by atoms with Gasteiger partial charge in [0.05, 0.1) is 0 Å². The monoisotopic (exact) mass is 942 g/mol. The molecular formula is C52H44Cl2F6Zr-2. The fourth-order valence-electron chi connectivity index (χ4n) is 6.92. The molecule has 7 aromatic carbocycles. The van der Waals surface area contributed by atoms with Gasteiger partial charge in [-0.25, -0.2) is 6.08 Å². The van der Waals surface area contributed by atoms with Gasteiger partial charge in [0, 0.05) is 0 Å². The van der Waals surface area contributed by atoms with Crippen LogP contribution in [-0.4, -0.2) is 3.21 Å². The summed E-state index contributed by atoms with van der Waals surface area (Å²) in [5, 5.41) is 5.27. The van der Waals surface area contributed by atoms with E-state index in [1.165, 1.54) is 86.5 Å². The van der Waals surface area contributed by atoms with E-state index in [9.17, 15) is 26.3 Å². The molecule has 0 N–H and O–H groups in total. The van der Waals surface area contributed by atoms with E-state index in [1.807, 2.05) is 0 Å². The van der Waals surface area contributed by atoms with Gasteiger partial charge in [-0.1, -0.05) is 148 Å². The molecule has 1 aliphatic rings. The Morgan fingerprint density at radius 3 is 1.33 bits per heavy atom. The molecule has 0 radical (unpaired) electrons. The average molecular weight is 945 g/mol. The molecule has 314 valence electrons. The van der Waals surface area contributed by atoms with Crippen molar-refractivity contribution in [3.8, 4) is 22.3 Å². The Labute approximate surface area is 381 Å². The van der Waals surface area contributed by atoms with E-state index < -0.39 is 23.5 Å². The van der Waals surface area contributed by atoms with Crippen LogP contribution in [0.5, 0.6) is 0 Å². The van der Waals surface area contributed by atoms with E-state index in [1.54, 1.807) is 0 Å². The van der Waals surface area contributed by atoms with Gasteiger partial charge in [-0.05, 0) is 11.1 Å². The third-order valence-electron chi connectivity index (χ3n) is 10.2. The molecule has 0 aromatic heterocycles. The molecule has 1 atom stereocenters. The first-order chi connectivity index (χ1) is 28.0. The maximum Gasteiger partial charge on any atom is -0.0259 e. The standard InChI is InChI=1S/C25H17.C15H8F6.C12H19.2ClH.Zr/c1-3-7-18(8-4-1)20-11-13-24-22(15-20)17-23-16-21(12-14-25(23)24)19-9-5-2-6-10-19;16-14(17,18)12-5-1-10(2-6-12)9-11-3-7-13(8-4-11)15(19,20)21;1-5-6-10-7-8-11(9-10)12(2,3)4;;;/h1-17H;1-8H;8-10H,5-6H2,1-4H3;2*1H;/q-1;;-1;;;+2/p-2. The normalized spacial score (nSPS) is 13.6. The minimum atomic E-state index is -4.41. The number of alkyl halides is 6. The van der Waals surface area contributed by atoms with Crippen LogP contribution in [0.2, 0.25) is 0 Å². The van der Waals surface area contributed by atoms with Crippen molar-refractivity contribution >= 4 is 24.8 Å². The van der Waals surface area contributed by atoms with Crippen molar-refractivity contribution < 1.29 is 75.4 Å². The van der Waals surface area contributed by atoms with Gasteiger partial charge >= 0.3 is 137 Å². The fraction of sp³-hybridized carbons (Fsp3) is 0.192. The van der Waals surface area contributed by atoms with Crippen molar-refractivity contribution in [1.82, 2.24) is 0 Å². The molecule has 0 nitrogen and oxygen atoms in total. The number of benzene rings is 6. The molecule has 1 unspecified atom stereocenters. The van der Waals surface area contributed by atoms with Crippen LogP contribution in [0, 0.1) is 17.4 Å². The van der Waals surface area contributed by atoms with Gasteiger partial charge in [-0.15, -0.1) is 39.7 Å². The smallest absolute Gasteiger partial charge is 0.0259 e. The Balaban J connectivity index is 0.000000210. The Kier molecular flexibility index (Phi) is 17.0. The Morgan fingerprint density at radius 2 is 0.984 bits per heavy atom. The molecule has 8 rings (SSSR count). The molecule has 0 heterocycles. The molecule has 0 aliphatic heterocycles. The molecule has 61 heavy (non-hydrogen) atoms. The Hall–Kier alpha value is -4.42. The molecule has 7 aromatic rings. The average Bonchev–Trinajstić information content (AvgIpc) is 3.86. The van der Waals surface area contributed by atoms with Crippen LogP contribution >= 0.6 is 0 Å². The summed E-state index contributed by atoms with van der Waals surface area (Å²) in [4.78, 5) is 0. The SMILES string of the molecule is CCCC1[C-]=CC(C(C)(C)C)=C1.FC(F)(F)c1ccc([C](=[Zr+2])c2ccc(C(F)(F)F)cc2)cc1.[Cl-].[Cl-].c1ccc(-c2ccc3c(c2)[cH-]c2cc(-c4ccccc4)ccc23)cc1. The summed E-state index contributed by atoms with van der Waals surface area (Å²) < 4.78 is 75.6. The van der Waals surface area contributed by atoms with E-state index in [0.717, 1.165) is 48.5 Å². The van der Waals surface area contributed by atoms with Gasteiger partial charge in [-0.2, -0.15) is 11.6 Å². The molecule has 0 amide bonds. The number of fused-ring (bicyclic) bond motifs is 3. The van der Waals surface area contributed by atoms with Crippen molar-refractivity contribution in [2.24, 2.45) is 11.3 Å². The van der Waals surface area contributed by atoms with Crippen LogP contribution in [0.3, 0.4) is 0 Å². The molecular weight excluding hydrogens is 901 g/mol. The van der Waals surface area contributed by atoms with Crippen molar-refractivity contribution in [3.63, 3.8) is 0 Å². The van der Waals surface area contributed by atoms with Gasteiger partial charge < -0.3 is 24.8 Å². The summed E-state index contributed by atoms with van der Waals surface area (Å²) >= 11 is 0.898.